The van der Waals surface area contributed by atoms with E-state index in [0.29, 0.717) is 0 Å². The number of rotatable bonds is 7. The fourth-order valence-corrected chi connectivity index (χ4v) is 1.93. The zero-order valence-electron chi connectivity index (χ0n) is 11.3. The van der Waals surface area contributed by atoms with E-state index in [1.807, 2.05) is 32.3 Å². The summed E-state index contributed by atoms with van der Waals surface area (Å²) in [6.07, 6.45) is 4.48. The number of nitrogens with zero attached hydrogens (tertiary/aromatic N) is 2. The smallest absolute Gasteiger partial charge is 0.133 e. The average molecular weight is 249 g/mol. The highest BCUT2D eigenvalue weighted by atomic mass is 16.5. The number of hydrogen-bond donors (Lipinski definition) is 1. The summed E-state index contributed by atoms with van der Waals surface area (Å²) in [7, 11) is 2.04. The predicted molar refractivity (Wildman–Crippen MR) is 73.7 cm³/mol. The van der Waals surface area contributed by atoms with Gasteiger partial charge in [0.25, 0.3) is 0 Å². The molecule has 0 amide bonds. The van der Waals surface area contributed by atoms with Crippen LogP contribution in [0.3, 0.4) is 0 Å². The van der Waals surface area contributed by atoms with Crippen LogP contribution in [0.4, 0.5) is 5.82 Å². The number of hydrogen-bond acceptors (Lipinski definition) is 4. The van der Waals surface area contributed by atoms with Crippen LogP contribution in [0.15, 0.2) is 18.3 Å². The number of anilines is 1. The van der Waals surface area contributed by atoms with E-state index in [1.165, 1.54) is 12.8 Å². The molecule has 18 heavy (non-hydrogen) atoms. The Morgan fingerprint density at radius 1 is 1.56 bits per heavy atom. The minimum atomic E-state index is 0.00327. The molecule has 1 aromatic heterocycles. The monoisotopic (exact) mass is 249 g/mol. The average Bonchev–Trinajstić information content (AvgIpc) is 3.18. The highest BCUT2D eigenvalue weighted by Crippen LogP contribution is 2.28. The van der Waals surface area contributed by atoms with Crippen molar-refractivity contribution in [1.82, 2.24) is 4.98 Å². The van der Waals surface area contributed by atoms with Gasteiger partial charge in [0.05, 0.1) is 6.61 Å². The molecule has 2 rings (SSSR count). The largest absolute Gasteiger partial charge is 0.379 e. The lowest BCUT2D eigenvalue weighted by Crippen LogP contribution is -2.26. The van der Waals surface area contributed by atoms with Gasteiger partial charge in [-0.3, -0.25) is 0 Å². The van der Waals surface area contributed by atoms with Gasteiger partial charge in [-0.25, -0.2) is 4.98 Å². The fourth-order valence-electron chi connectivity index (χ4n) is 1.93. The van der Waals surface area contributed by atoms with Crippen molar-refractivity contribution < 1.29 is 4.74 Å². The maximum atomic E-state index is 5.96. The summed E-state index contributed by atoms with van der Waals surface area (Å²) in [6.45, 7) is 4.50. The van der Waals surface area contributed by atoms with Gasteiger partial charge in [-0.1, -0.05) is 6.07 Å². The summed E-state index contributed by atoms with van der Waals surface area (Å²) < 4.78 is 5.65. The Morgan fingerprint density at radius 2 is 2.33 bits per heavy atom. The molecule has 1 aromatic rings. The van der Waals surface area contributed by atoms with Crippen LogP contribution in [0.25, 0.3) is 0 Å². The van der Waals surface area contributed by atoms with Crippen LogP contribution in [0.5, 0.6) is 0 Å². The third kappa shape index (κ3) is 3.68. The van der Waals surface area contributed by atoms with Crippen LogP contribution in [-0.2, 0) is 4.74 Å². The van der Waals surface area contributed by atoms with Crippen molar-refractivity contribution in [3.8, 4) is 0 Å². The molecule has 0 radical (unpaired) electrons. The Labute approximate surface area is 109 Å². The standard InChI is InChI=1S/C14H23N3O/c1-11(15)13-4-3-7-16-14(13)17(2)8-9-18-10-12-5-6-12/h3-4,7,11-12H,5-6,8-10,15H2,1-2H3/t11-/m1/s1. The molecule has 1 saturated carbocycles. The Bertz CT molecular complexity index is 377. The second-order valence-corrected chi connectivity index (χ2v) is 5.14. The van der Waals surface area contributed by atoms with Crippen molar-refractivity contribution in [3.05, 3.63) is 23.9 Å². The first-order valence-corrected chi connectivity index (χ1v) is 6.68. The van der Waals surface area contributed by atoms with E-state index >= 15 is 0 Å². The number of nitrogens with two attached hydrogens (primary N) is 1. The second-order valence-electron chi connectivity index (χ2n) is 5.14. The van der Waals surface area contributed by atoms with Crippen LogP contribution in [0.2, 0.25) is 0 Å². The molecule has 1 aliphatic rings. The van der Waals surface area contributed by atoms with Gasteiger partial charge in [0, 0.05) is 38.0 Å². The zero-order chi connectivity index (χ0) is 13.0. The van der Waals surface area contributed by atoms with Crippen molar-refractivity contribution in [3.63, 3.8) is 0 Å². The van der Waals surface area contributed by atoms with E-state index in [4.69, 9.17) is 10.5 Å². The molecule has 4 nitrogen and oxygen atoms in total. The van der Waals surface area contributed by atoms with Gasteiger partial charge < -0.3 is 15.4 Å². The third-order valence-corrected chi connectivity index (χ3v) is 3.29. The Kier molecular flexibility index (Phi) is 4.55. The maximum absolute atomic E-state index is 5.96. The Morgan fingerprint density at radius 3 is 3.00 bits per heavy atom. The minimum absolute atomic E-state index is 0.00327. The van der Waals surface area contributed by atoms with E-state index in [9.17, 15) is 0 Å². The van der Waals surface area contributed by atoms with Gasteiger partial charge in [0.2, 0.25) is 0 Å². The topological polar surface area (TPSA) is 51.4 Å². The van der Waals surface area contributed by atoms with Gasteiger partial charge in [-0.15, -0.1) is 0 Å². The van der Waals surface area contributed by atoms with E-state index in [2.05, 4.69) is 9.88 Å². The van der Waals surface area contributed by atoms with Crippen molar-refractivity contribution in [1.29, 1.82) is 0 Å². The van der Waals surface area contributed by atoms with Crippen molar-refractivity contribution in [2.45, 2.75) is 25.8 Å². The van der Waals surface area contributed by atoms with Crippen molar-refractivity contribution in [2.75, 3.05) is 31.7 Å². The lowest BCUT2D eigenvalue weighted by Gasteiger charge is -2.22. The first kappa shape index (κ1) is 13.3. The number of aromatic nitrogens is 1. The molecule has 0 aromatic carbocycles. The lowest BCUT2D eigenvalue weighted by molar-refractivity contribution is 0.130. The molecule has 0 saturated heterocycles. The molecule has 1 heterocycles. The van der Waals surface area contributed by atoms with E-state index in [0.717, 1.165) is 37.1 Å². The van der Waals surface area contributed by atoms with E-state index in [-0.39, 0.29) is 6.04 Å². The molecule has 2 N–H and O–H groups in total. The van der Waals surface area contributed by atoms with E-state index in [1.54, 1.807) is 0 Å². The second kappa shape index (κ2) is 6.16. The number of likely N-dealkylation sites (N-methyl/N-ethyl adjacent to an activating group) is 1. The minimum Gasteiger partial charge on any atom is -0.379 e. The van der Waals surface area contributed by atoms with Crippen molar-refractivity contribution in [2.24, 2.45) is 11.7 Å². The lowest BCUT2D eigenvalue weighted by atomic mass is 10.1. The van der Waals surface area contributed by atoms with Gasteiger partial charge in [-0.2, -0.15) is 0 Å². The summed E-state index contributed by atoms with van der Waals surface area (Å²) in [4.78, 5) is 6.53. The quantitative estimate of drug-likeness (QED) is 0.751. The van der Waals surface area contributed by atoms with Gasteiger partial charge in [0.15, 0.2) is 0 Å². The number of ether oxygens (including phenoxy) is 1. The summed E-state index contributed by atoms with van der Waals surface area (Å²) in [6, 6.07) is 3.97. The molecular formula is C14H23N3O. The van der Waals surface area contributed by atoms with Crippen LogP contribution in [-0.4, -0.2) is 31.8 Å². The predicted octanol–water partition coefficient (Wildman–Crippen LogP) is 1.96. The first-order valence-electron chi connectivity index (χ1n) is 6.68. The highest BCUT2D eigenvalue weighted by molar-refractivity contribution is 5.47. The zero-order valence-corrected chi connectivity index (χ0v) is 11.3. The van der Waals surface area contributed by atoms with Gasteiger partial charge >= 0.3 is 0 Å². The SMILES string of the molecule is C[C@@H](N)c1cccnc1N(C)CCOCC1CC1. The van der Waals surface area contributed by atoms with Gasteiger partial charge in [-0.05, 0) is 31.7 Å². The molecular weight excluding hydrogens is 226 g/mol. The fraction of sp³-hybridized carbons (Fsp3) is 0.643. The third-order valence-electron chi connectivity index (χ3n) is 3.29. The normalized spacial score (nSPS) is 16.6. The summed E-state index contributed by atoms with van der Waals surface area (Å²) >= 11 is 0. The molecule has 1 aliphatic carbocycles. The molecule has 100 valence electrons. The van der Waals surface area contributed by atoms with E-state index < -0.39 is 0 Å². The Hall–Kier alpha value is -1.13. The van der Waals surface area contributed by atoms with Crippen molar-refractivity contribution >= 4 is 5.82 Å². The molecule has 4 heteroatoms. The molecule has 1 atom stereocenters. The van der Waals surface area contributed by atoms with Gasteiger partial charge in [0.1, 0.15) is 5.82 Å². The number of pyridine rings is 1. The molecule has 0 unspecified atom stereocenters. The molecule has 0 aliphatic heterocycles. The first-order chi connectivity index (χ1) is 8.68. The Balaban J connectivity index is 1.84. The summed E-state index contributed by atoms with van der Waals surface area (Å²) in [5.74, 6) is 1.78. The molecule has 0 bridgehead atoms. The summed E-state index contributed by atoms with van der Waals surface area (Å²) in [5.41, 5.74) is 7.04. The van der Waals surface area contributed by atoms with Crippen LogP contribution < -0.4 is 10.6 Å². The maximum Gasteiger partial charge on any atom is 0.133 e. The highest BCUT2D eigenvalue weighted by Gasteiger charge is 2.21. The molecule has 1 fully saturated rings. The van der Waals surface area contributed by atoms with Crippen LogP contribution in [0, 0.1) is 5.92 Å². The van der Waals surface area contributed by atoms with Crippen LogP contribution in [0.1, 0.15) is 31.4 Å². The molecule has 0 spiro atoms. The summed E-state index contributed by atoms with van der Waals surface area (Å²) in [5, 5.41) is 0. The van der Waals surface area contributed by atoms with Crippen LogP contribution >= 0.6 is 0 Å².